The minimum atomic E-state index is -0.0101. The lowest BCUT2D eigenvalue weighted by Gasteiger charge is -2.39. The Morgan fingerprint density at radius 3 is 2.16 bits per heavy atom. The lowest BCUT2D eigenvalue weighted by molar-refractivity contribution is 0.558. The van der Waals surface area contributed by atoms with Gasteiger partial charge in [0.15, 0.2) is 0 Å². The zero-order valence-electron chi connectivity index (χ0n) is 34.7. The summed E-state index contributed by atoms with van der Waals surface area (Å²) >= 11 is 0. The van der Waals surface area contributed by atoms with Gasteiger partial charge in [-0.15, -0.1) is 0 Å². The van der Waals surface area contributed by atoms with E-state index in [4.69, 9.17) is 0 Å². The highest BCUT2D eigenvalue weighted by atomic mass is 14.5. The standard InChI is InChI=1S/C58H58/c1-40-19-28-56-52(33-40)38-53-34-41(2)20-29-57(53)58(56)32-31-51-37-43(23-30-55(51)58)12-7-6-11-42-22-25-49(36-42)48-18-10-13-44(35-48)21-24-46-16-8-9-17-47-26-27-50(39-54(46)47)45-14-4-3-5-15-45/h3-5,10,13-15,18-20,22-23,25-30,33-37,39,46,49H,6-9,11-12,16-17,21,24,31-32,38H2,1-2H3. The molecule has 0 amide bonds. The fraction of sp³-hybridized carbons (Fsp3) is 0.310. The molecule has 0 N–H and O–H groups in total. The van der Waals surface area contributed by atoms with Gasteiger partial charge in [-0.25, -0.2) is 0 Å². The van der Waals surface area contributed by atoms with Crippen LogP contribution in [-0.2, 0) is 37.5 Å². The van der Waals surface area contributed by atoms with Crippen molar-refractivity contribution in [3.05, 3.63) is 224 Å². The van der Waals surface area contributed by atoms with Crippen molar-refractivity contribution < 1.29 is 0 Å². The van der Waals surface area contributed by atoms with Gasteiger partial charge in [0, 0.05) is 11.3 Å². The normalized spacial score (nSPS) is 18.6. The Bertz CT molecular complexity index is 2470. The predicted octanol–water partition coefficient (Wildman–Crippen LogP) is 14.6. The average molecular weight is 755 g/mol. The molecular weight excluding hydrogens is 697 g/mol. The van der Waals surface area contributed by atoms with Gasteiger partial charge in [0.05, 0.1) is 0 Å². The fourth-order valence-corrected chi connectivity index (χ4v) is 11.4. The average Bonchev–Trinajstić information content (AvgIpc) is 3.82. The van der Waals surface area contributed by atoms with Gasteiger partial charge >= 0.3 is 0 Å². The molecule has 4 aliphatic rings. The van der Waals surface area contributed by atoms with E-state index in [9.17, 15) is 0 Å². The number of hydrogen-bond acceptors (Lipinski definition) is 0. The molecule has 0 nitrogen and oxygen atoms in total. The number of benzene rings is 6. The third kappa shape index (κ3) is 7.14. The van der Waals surface area contributed by atoms with Crippen LogP contribution in [0.5, 0.6) is 0 Å². The van der Waals surface area contributed by atoms with Crippen molar-refractivity contribution in [2.45, 2.75) is 115 Å². The van der Waals surface area contributed by atoms with Crippen LogP contribution in [0.15, 0.2) is 151 Å². The molecule has 0 aliphatic heterocycles. The van der Waals surface area contributed by atoms with Crippen molar-refractivity contribution in [1.82, 2.24) is 0 Å². The second kappa shape index (κ2) is 15.9. The van der Waals surface area contributed by atoms with E-state index >= 15 is 0 Å². The van der Waals surface area contributed by atoms with Gasteiger partial charge in [-0.05, 0) is 169 Å². The van der Waals surface area contributed by atoms with Crippen LogP contribution in [0.1, 0.15) is 136 Å². The van der Waals surface area contributed by atoms with Gasteiger partial charge in [-0.3, -0.25) is 0 Å². The predicted molar refractivity (Wildman–Crippen MR) is 244 cm³/mol. The molecule has 0 heterocycles. The molecule has 10 rings (SSSR count). The first-order valence-electron chi connectivity index (χ1n) is 22.5. The third-order valence-corrected chi connectivity index (χ3v) is 14.4. The van der Waals surface area contributed by atoms with Crippen molar-refractivity contribution in [3.63, 3.8) is 0 Å². The number of aryl methyl sites for hydroxylation is 6. The summed E-state index contributed by atoms with van der Waals surface area (Å²) in [4.78, 5) is 0. The van der Waals surface area contributed by atoms with E-state index in [-0.39, 0.29) is 5.41 Å². The molecule has 0 heteroatoms. The molecule has 58 heavy (non-hydrogen) atoms. The van der Waals surface area contributed by atoms with Crippen molar-refractivity contribution in [2.24, 2.45) is 0 Å². The Kier molecular flexibility index (Phi) is 10.1. The van der Waals surface area contributed by atoms with Gasteiger partial charge < -0.3 is 0 Å². The Morgan fingerprint density at radius 2 is 1.33 bits per heavy atom. The highest BCUT2D eigenvalue weighted by molar-refractivity contribution is 5.66. The zero-order valence-corrected chi connectivity index (χ0v) is 34.7. The molecule has 1 spiro atoms. The largest absolute Gasteiger partial charge is 0.0730 e. The van der Waals surface area contributed by atoms with Crippen molar-refractivity contribution in [1.29, 1.82) is 0 Å². The highest BCUT2D eigenvalue weighted by Crippen LogP contribution is 2.54. The molecule has 0 radical (unpaired) electrons. The van der Waals surface area contributed by atoms with Gasteiger partial charge in [0.2, 0.25) is 0 Å². The van der Waals surface area contributed by atoms with E-state index in [1.54, 1.807) is 33.4 Å². The zero-order chi connectivity index (χ0) is 39.1. The summed E-state index contributed by atoms with van der Waals surface area (Å²) in [6.07, 6.45) is 23.1. The first-order chi connectivity index (χ1) is 28.5. The van der Waals surface area contributed by atoms with Crippen molar-refractivity contribution in [3.8, 4) is 11.1 Å². The summed E-state index contributed by atoms with van der Waals surface area (Å²) in [5.74, 6) is 1.03. The van der Waals surface area contributed by atoms with Crippen LogP contribution in [0, 0.1) is 13.8 Å². The molecule has 0 fully saturated rings. The van der Waals surface area contributed by atoms with Gasteiger partial charge in [-0.2, -0.15) is 0 Å². The Balaban J connectivity index is 0.765. The minimum absolute atomic E-state index is 0.0101. The fourth-order valence-electron chi connectivity index (χ4n) is 11.4. The van der Waals surface area contributed by atoms with E-state index in [1.165, 1.54) is 113 Å². The Hall–Kier alpha value is -5.20. The molecule has 6 aromatic carbocycles. The van der Waals surface area contributed by atoms with E-state index in [0.29, 0.717) is 11.8 Å². The molecular formula is C58H58. The number of rotatable bonds is 10. The van der Waals surface area contributed by atoms with Crippen LogP contribution < -0.4 is 0 Å². The molecule has 290 valence electrons. The van der Waals surface area contributed by atoms with Crippen LogP contribution in [0.2, 0.25) is 0 Å². The van der Waals surface area contributed by atoms with E-state index < -0.39 is 0 Å². The van der Waals surface area contributed by atoms with Crippen LogP contribution in [0.4, 0.5) is 0 Å². The summed E-state index contributed by atoms with van der Waals surface area (Å²) in [6.45, 7) is 4.48. The molecule has 4 aliphatic carbocycles. The Morgan fingerprint density at radius 1 is 0.569 bits per heavy atom. The highest BCUT2D eigenvalue weighted by Gasteiger charge is 2.46. The van der Waals surface area contributed by atoms with Crippen LogP contribution in [0.25, 0.3) is 11.1 Å². The second-order valence-corrected chi connectivity index (χ2v) is 18.2. The molecule has 0 saturated carbocycles. The smallest absolute Gasteiger partial charge is 0.0462 e. The summed E-state index contributed by atoms with van der Waals surface area (Å²) in [5.41, 5.74) is 23.8. The quantitative estimate of drug-likeness (QED) is 0.0965. The molecule has 0 saturated heterocycles. The number of fused-ring (bicyclic) bond motifs is 7. The maximum absolute atomic E-state index is 2.56. The summed E-state index contributed by atoms with van der Waals surface area (Å²) in [6, 6.07) is 49.7. The number of allylic oxidation sites excluding steroid dienone is 4. The minimum Gasteiger partial charge on any atom is -0.0730 e. The molecule has 0 bridgehead atoms. The van der Waals surface area contributed by atoms with E-state index in [0.717, 1.165) is 25.7 Å². The summed E-state index contributed by atoms with van der Waals surface area (Å²) in [5, 5.41) is 0. The molecule has 2 atom stereocenters. The first kappa shape index (κ1) is 37.1. The molecule has 2 unspecified atom stereocenters. The molecule has 0 aromatic heterocycles. The van der Waals surface area contributed by atoms with Crippen molar-refractivity contribution >= 4 is 0 Å². The van der Waals surface area contributed by atoms with Crippen LogP contribution >= 0.6 is 0 Å². The Labute approximate surface area is 347 Å². The van der Waals surface area contributed by atoms with Gasteiger partial charge in [0.1, 0.15) is 0 Å². The second-order valence-electron chi connectivity index (χ2n) is 18.2. The summed E-state index contributed by atoms with van der Waals surface area (Å²) < 4.78 is 0. The topological polar surface area (TPSA) is 0 Å². The lowest BCUT2D eigenvalue weighted by atomic mass is 9.63. The maximum Gasteiger partial charge on any atom is 0.0462 e. The lowest BCUT2D eigenvalue weighted by Crippen LogP contribution is -2.32. The van der Waals surface area contributed by atoms with Gasteiger partial charge in [0.25, 0.3) is 0 Å². The SMILES string of the molecule is Cc1ccc2c(c1)Cc1cc(C)ccc1C21CCc2cc(CCCCC3=CC(c4cccc(CCC5CCCCc6ccc(-c7ccccc7)cc65)c4)C=C3)ccc21. The third-order valence-electron chi connectivity index (χ3n) is 14.4. The van der Waals surface area contributed by atoms with E-state index in [2.05, 4.69) is 159 Å². The number of hydrogen-bond donors (Lipinski definition) is 0. The monoisotopic (exact) mass is 754 g/mol. The maximum atomic E-state index is 2.56. The van der Waals surface area contributed by atoms with Crippen LogP contribution in [-0.4, -0.2) is 0 Å². The molecule has 6 aromatic rings. The first-order valence-corrected chi connectivity index (χ1v) is 22.5. The van der Waals surface area contributed by atoms with E-state index in [1.807, 2.05) is 0 Å². The van der Waals surface area contributed by atoms with Crippen LogP contribution in [0.3, 0.4) is 0 Å². The number of unbranched alkanes of at least 4 members (excludes halogenated alkanes) is 1. The van der Waals surface area contributed by atoms with Crippen molar-refractivity contribution in [2.75, 3.05) is 0 Å². The summed E-state index contributed by atoms with van der Waals surface area (Å²) in [7, 11) is 0. The van der Waals surface area contributed by atoms with Gasteiger partial charge in [-0.1, -0.05) is 169 Å².